The number of rotatable bonds is 19. The highest BCUT2D eigenvalue weighted by atomic mass is 16.3. The zero-order chi connectivity index (χ0) is 17.0. The number of hydrogen-bond acceptors (Lipinski definition) is 1. The molecule has 0 aromatic rings. The fourth-order valence-electron chi connectivity index (χ4n) is 3.35. The van der Waals surface area contributed by atoms with E-state index in [2.05, 4.69) is 13.8 Å². The van der Waals surface area contributed by atoms with Crippen molar-refractivity contribution in [1.82, 2.24) is 0 Å². The second-order valence-electron chi connectivity index (χ2n) is 7.53. The van der Waals surface area contributed by atoms with E-state index in [9.17, 15) is 5.11 Å². The Morgan fingerprint density at radius 2 is 0.696 bits per heavy atom. The fourth-order valence-corrected chi connectivity index (χ4v) is 3.35. The summed E-state index contributed by atoms with van der Waals surface area (Å²) in [6, 6.07) is 0. The van der Waals surface area contributed by atoms with Gasteiger partial charge in [-0.1, -0.05) is 123 Å². The van der Waals surface area contributed by atoms with Gasteiger partial charge >= 0.3 is 0 Å². The molecule has 0 saturated carbocycles. The van der Waals surface area contributed by atoms with Crippen molar-refractivity contribution < 1.29 is 5.11 Å². The van der Waals surface area contributed by atoms with Crippen LogP contribution in [0.15, 0.2) is 0 Å². The Kier molecular flexibility index (Phi) is 20.0. The fraction of sp³-hybridized carbons (Fsp3) is 1.00. The van der Waals surface area contributed by atoms with E-state index >= 15 is 0 Å². The summed E-state index contributed by atoms with van der Waals surface area (Å²) in [4.78, 5) is 0. The molecular formula is C22H46O. The minimum Gasteiger partial charge on any atom is -0.393 e. The molecule has 1 heteroatoms. The Morgan fingerprint density at radius 1 is 0.435 bits per heavy atom. The lowest BCUT2D eigenvalue weighted by Gasteiger charge is -2.10. The van der Waals surface area contributed by atoms with E-state index in [1.165, 1.54) is 109 Å². The second-order valence-corrected chi connectivity index (χ2v) is 7.53. The Hall–Kier alpha value is -0.0400. The number of aliphatic hydroxyl groups is 1. The molecule has 0 aliphatic heterocycles. The number of unbranched alkanes of at least 4 members (excludes halogenated alkanes) is 15. The predicted molar refractivity (Wildman–Crippen MR) is 105 cm³/mol. The van der Waals surface area contributed by atoms with E-state index in [1.807, 2.05) is 0 Å². The lowest BCUT2D eigenvalue weighted by molar-refractivity contribution is 0.147. The summed E-state index contributed by atoms with van der Waals surface area (Å²) in [5.41, 5.74) is 0. The summed E-state index contributed by atoms with van der Waals surface area (Å²) in [5.74, 6) is 0. The van der Waals surface area contributed by atoms with Gasteiger partial charge in [0.05, 0.1) is 6.10 Å². The van der Waals surface area contributed by atoms with Crippen LogP contribution in [0.25, 0.3) is 0 Å². The number of aliphatic hydroxyl groups excluding tert-OH is 1. The minimum atomic E-state index is -0.0282. The smallest absolute Gasteiger partial charge is 0.0540 e. The van der Waals surface area contributed by atoms with Crippen molar-refractivity contribution in [3.8, 4) is 0 Å². The van der Waals surface area contributed by atoms with Gasteiger partial charge in [-0.25, -0.2) is 0 Å². The molecule has 0 spiro atoms. The monoisotopic (exact) mass is 326 g/mol. The maximum Gasteiger partial charge on any atom is 0.0540 e. The number of hydrogen-bond donors (Lipinski definition) is 1. The minimum absolute atomic E-state index is 0.0282. The molecule has 0 radical (unpaired) electrons. The molecule has 0 aliphatic rings. The van der Waals surface area contributed by atoms with Crippen LogP contribution in [-0.4, -0.2) is 11.2 Å². The highest BCUT2D eigenvalue weighted by Gasteiger charge is 2.03. The Balaban J connectivity index is 3.07. The first kappa shape index (κ1) is 23.0. The molecule has 0 saturated heterocycles. The molecule has 0 unspecified atom stereocenters. The van der Waals surface area contributed by atoms with E-state index in [-0.39, 0.29) is 6.10 Å². The second kappa shape index (κ2) is 20.0. The Morgan fingerprint density at radius 3 is 1.04 bits per heavy atom. The molecule has 1 N–H and O–H groups in total. The van der Waals surface area contributed by atoms with Crippen molar-refractivity contribution in [2.24, 2.45) is 0 Å². The van der Waals surface area contributed by atoms with Crippen molar-refractivity contribution in [1.29, 1.82) is 0 Å². The van der Waals surface area contributed by atoms with Gasteiger partial charge in [-0.15, -0.1) is 0 Å². The van der Waals surface area contributed by atoms with E-state index < -0.39 is 0 Å². The maximum atomic E-state index is 9.93. The molecular weight excluding hydrogens is 280 g/mol. The van der Waals surface area contributed by atoms with Crippen molar-refractivity contribution in [3.05, 3.63) is 0 Å². The van der Waals surface area contributed by atoms with Crippen LogP contribution in [0.5, 0.6) is 0 Å². The zero-order valence-corrected chi connectivity index (χ0v) is 16.5. The van der Waals surface area contributed by atoms with Crippen LogP contribution < -0.4 is 0 Å². The third-order valence-electron chi connectivity index (χ3n) is 5.03. The maximum absolute atomic E-state index is 9.93. The Labute approximate surface area is 147 Å². The van der Waals surface area contributed by atoms with Gasteiger partial charge in [-0.05, 0) is 12.8 Å². The summed E-state index contributed by atoms with van der Waals surface area (Å²) in [6.45, 7) is 4.53. The van der Waals surface area contributed by atoms with Gasteiger partial charge in [0.2, 0.25) is 0 Å². The molecule has 1 nitrogen and oxygen atoms in total. The van der Waals surface area contributed by atoms with E-state index in [1.54, 1.807) is 0 Å². The molecule has 0 aliphatic carbocycles. The summed E-state index contributed by atoms with van der Waals surface area (Å²) in [7, 11) is 0. The van der Waals surface area contributed by atoms with Crippen LogP contribution in [0.2, 0.25) is 0 Å². The van der Waals surface area contributed by atoms with Gasteiger partial charge in [0.25, 0.3) is 0 Å². The first-order valence-electron chi connectivity index (χ1n) is 11.0. The molecule has 0 heterocycles. The molecule has 23 heavy (non-hydrogen) atoms. The summed E-state index contributed by atoms with van der Waals surface area (Å²) in [6.07, 6.45) is 25.4. The molecule has 0 rings (SSSR count). The SMILES string of the molecule is CCCCCCCCCCCCCCC[C@H](O)CCCCCC. The van der Waals surface area contributed by atoms with E-state index in [0.717, 1.165) is 12.8 Å². The van der Waals surface area contributed by atoms with Gasteiger partial charge < -0.3 is 5.11 Å². The predicted octanol–water partition coefficient (Wildman–Crippen LogP) is 7.80. The van der Waals surface area contributed by atoms with Gasteiger partial charge in [-0.3, -0.25) is 0 Å². The van der Waals surface area contributed by atoms with Crippen LogP contribution in [0, 0.1) is 0 Å². The summed E-state index contributed by atoms with van der Waals surface area (Å²) < 4.78 is 0. The molecule has 0 bridgehead atoms. The van der Waals surface area contributed by atoms with Gasteiger partial charge in [0, 0.05) is 0 Å². The van der Waals surface area contributed by atoms with Crippen LogP contribution >= 0.6 is 0 Å². The summed E-state index contributed by atoms with van der Waals surface area (Å²) >= 11 is 0. The third-order valence-corrected chi connectivity index (χ3v) is 5.03. The molecule has 0 amide bonds. The van der Waals surface area contributed by atoms with Crippen LogP contribution in [0.1, 0.15) is 136 Å². The highest BCUT2D eigenvalue weighted by molar-refractivity contribution is 4.57. The first-order chi connectivity index (χ1) is 11.3. The molecule has 1 atom stereocenters. The van der Waals surface area contributed by atoms with Gasteiger partial charge in [-0.2, -0.15) is 0 Å². The molecule has 140 valence electrons. The molecule has 0 fully saturated rings. The lowest BCUT2D eigenvalue weighted by atomic mass is 10.0. The topological polar surface area (TPSA) is 20.2 Å². The normalized spacial score (nSPS) is 12.7. The van der Waals surface area contributed by atoms with Crippen molar-refractivity contribution in [3.63, 3.8) is 0 Å². The Bertz CT molecular complexity index is 202. The summed E-state index contributed by atoms with van der Waals surface area (Å²) in [5, 5.41) is 9.93. The van der Waals surface area contributed by atoms with Crippen LogP contribution in [-0.2, 0) is 0 Å². The van der Waals surface area contributed by atoms with Crippen molar-refractivity contribution in [2.75, 3.05) is 0 Å². The van der Waals surface area contributed by atoms with E-state index in [4.69, 9.17) is 0 Å². The first-order valence-corrected chi connectivity index (χ1v) is 11.0. The average molecular weight is 327 g/mol. The van der Waals surface area contributed by atoms with Crippen LogP contribution in [0.3, 0.4) is 0 Å². The quantitative estimate of drug-likeness (QED) is 0.240. The van der Waals surface area contributed by atoms with Crippen LogP contribution in [0.4, 0.5) is 0 Å². The standard InChI is InChI=1S/C22H46O/c1-3-5-7-9-10-11-12-13-14-15-16-17-19-21-22(23)20-18-8-6-4-2/h22-23H,3-21H2,1-2H3/t22-/m1/s1. The largest absolute Gasteiger partial charge is 0.393 e. The van der Waals surface area contributed by atoms with Crippen molar-refractivity contribution in [2.45, 2.75) is 142 Å². The van der Waals surface area contributed by atoms with Gasteiger partial charge in [0.1, 0.15) is 0 Å². The highest BCUT2D eigenvalue weighted by Crippen LogP contribution is 2.15. The average Bonchev–Trinajstić information content (AvgIpc) is 2.56. The molecule has 0 aromatic heterocycles. The van der Waals surface area contributed by atoms with Gasteiger partial charge in [0.15, 0.2) is 0 Å². The van der Waals surface area contributed by atoms with E-state index in [0.29, 0.717) is 0 Å². The lowest BCUT2D eigenvalue weighted by Crippen LogP contribution is -2.05. The third kappa shape index (κ3) is 19.9. The zero-order valence-electron chi connectivity index (χ0n) is 16.5. The van der Waals surface area contributed by atoms with Crippen molar-refractivity contribution >= 4 is 0 Å². The molecule has 0 aromatic carbocycles.